The summed E-state index contributed by atoms with van der Waals surface area (Å²) in [7, 11) is 1.61. The van der Waals surface area contributed by atoms with Gasteiger partial charge in [-0.3, -0.25) is 0 Å². The van der Waals surface area contributed by atoms with E-state index in [0.29, 0.717) is 32.5 Å². The topological polar surface area (TPSA) is 36.9 Å². The second-order valence-corrected chi connectivity index (χ2v) is 4.26. The Morgan fingerprint density at radius 1 is 1.24 bits per heavy atom. The highest BCUT2D eigenvalue weighted by Crippen LogP contribution is 2.31. The minimum atomic E-state index is 0.297. The molecule has 1 heterocycles. The predicted molar refractivity (Wildman–Crippen MR) is 63.3 cm³/mol. The summed E-state index contributed by atoms with van der Waals surface area (Å²) in [5.41, 5.74) is 1.05. The van der Waals surface area contributed by atoms with Gasteiger partial charge in [0, 0.05) is 13.0 Å². The summed E-state index contributed by atoms with van der Waals surface area (Å²) in [6, 6.07) is 5.87. The maximum Gasteiger partial charge on any atom is 0.161 e. The molecule has 1 aliphatic rings. The first-order valence-electron chi connectivity index (χ1n) is 5.75. The molecular formula is C13H18O4. The van der Waals surface area contributed by atoms with Gasteiger partial charge >= 0.3 is 0 Å². The van der Waals surface area contributed by atoms with Gasteiger partial charge in [0.1, 0.15) is 6.79 Å². The molecule has 0 unspecified atom stereocenters. The fraction of sp³-hybridized carbons (Fsp3) is 0.538. The summed E-state index contributed by atoms with van der Waals surface area (Å²) in [5.74, 6) is 2.02. The summed E-state index contributed by atoms with van der Waals surface area (Å²) >= 11 is 0. The number of benzene rings is 1. The molecule has 0 saturated heterocycles. The molecule has 4 heteroatoms. The van der Waals surface area contributed by atoms with Crippen LogP contribution in [0.25, 0.3) is 0 Å². The zero-order valence-electron chi connectivity index (χ0n) is 10.3. The van der Waals surface area contributed by atoms with Crippen LogP contribution in [0.3, 0.4) is 0 Å². The van der Waals surface area contributed by atoms with E-state index in [1.54, 1.807) is 7.11 Å². The molecule has 0 N–H and O–H groups in total. The van der Waals surface area contributed by atoms with Gasteiger partial charge in [-0.15, -0.1) is 0 Å². The Balaban J connectivity index is 2.03. The molecule has 0 fully saturated rings. The van der Waals surface area contributed by atoms with E-state index in [2.05, 4.69) is 6.92 Å². The van der Waals surface area contributed by atoms with E-state index in [1.807, 2.05) is 18.2 Å². The van der Waals surface area contributed by atoms with Crippen molar-refractivity contribution in [2.45, 2.75) is 13.5 Å². The van der Waals surface area contributed by atoms with E-state index >= 15 is 0 Å². The van der Waals surface area contributed by atoms with Gasteiger partial charge in [0.2, 0.25) is 0 Å². The normalized spacial score (nSPS) is 18.8. The van der Waals surface area contributed by atoms with Gasteiger partial charge in [-0.25, -0.2) is 0 Å². The molecule has 4 nitrogen and oxygen atoms in total. The molecular weight excluding hydrogens is 220 g/mol. The quantitative estimate of drug-likeness (QED) is 0.595. The number of fused-ring (bicyclic) bond motifs is 1. The standard InChI is InChI=1S/C13H18O4/c1-10-6-16-12-4-3-11(8-15-9-14-2)5-13(12)17-7-10/h3-5,10H,6-9H2,1-2H3/t10-/m0/s1. The van der Waals surface area contributed by atoms with Crippen LogP contribution < -0.4 is 9.47 Å². The Morgan fingerprint density at radius 2 is 2.00 bits per heavy atom. The Bertz CT molecular complexity index is 364. The highest BCUT2D eigenvalue weighted by atomic mass is 16.7. The average molecular weight is 238 g/mol. The van der Waals surface area contributed by atoms with Crippen LogP contribution in [0.5, 0.6) is 11.5 Å². The summed E-state index contributed by atoms with van der Waals surface area (Å²) in [6.07, 6.45) is 0. The lowest BCUT2D eigenvalue weighted by Gasteiger charge is -2.09. The van der Waals surface area contributed by atoms with Gasteiger partial charge in [-0.2, -0.15) is 0 Å². The maximum absolute atomic E-state index is 5.70. The van der Waals surface area contributed by atoms with Gasteiger partial charge in [0.05, 0.1) is 19.8 Å². The van der Waals surface area contributed by atoms with E-state index in [1.165, 1.54) is 0 Å². The van der Waals surface area contributed by atoms with Crippen LogP contribution in [-0.4, -0.2) is 27.1 Å². The predicted octanol–water partition coefficient (Wildman–Crippen LogP) is 2.21. The second-order valence-electron chi connectivity index (χ2n) is 4.26. The molecule has 0 saturated carbocycles. The fourth-order valence-electron chi connectivity index (χ4n) is 1.63. The third kappa shape index (κ3) is 3.35. The van der Waals surface area contributed by atoms with Crippen molar-refractivity contribution in [2.24, 2.45) is 5.92 Å². The van der Waals surface area contributed by atoms with Crippen molar-refractivity contribution in [3.8, 4) is 11.5 Å². The van der Waals surface area contributed by atoms with Gasteiger partial charge in [0.15, 0.2) is 11.5 Å². The Kier molecular flexibility index (Phi) is 4.23. The van der Waals surface area contributed by atoms with Crippen LogP contribution in [0, 0.1) is 5.92 Å². The molecule has 1 aliphatic heterocycles. The largest absolute Gasteiger partial charge is 0.489 e. The second kappa shape index (κ2) is 5.89. The molecule has 1 atom stereocenters. The van der Waals surface area contributed by atoms with Crippen molar-refractivity contribution in [3.05, 3.63) is 23.8 Å². The highest BCUT2D eigenvalue weighted by Gasteiger charge is 2.15. The summed E-state index contributed by atoms with van der Waals surface area (Å²) < 4.78 is 21.5. The number of methoxy groups -OCH3 is 1. The van der Waals surface area contributed by atoms with Gasteiger partial charge in [-0.05, 0) is 17.7 Å². The number of hydrogen-bond acceptors (Lipinski definition) is 4. The maximum atomic E-state index is 5.70. The number of rotatable bonds is 4. The molecule has 1 aromatic carbocycles. The third-order valence-electron chi connectivity index (χ3n) is 2.52. The first kappa shape index (κ1) is 12.2. The van der Waals surface area contributed by atoms with Crippen molar-refractivity contribution in [3.63, 3.8) is 0 Å². The van der Waals surface area contributed by atoms with E-state index < -0.39 is 0 Å². The van der Waals surface area contributed by atoms with Crippen LogP contribution in [0.2, 0.25) is 0 Å². The summed E-state index contributed by atoms with van der Waals surface area (Å²) in [6.45, 7) is 4.31. The molecule has 94 valence electrons. The van der Waals surface area contributed by atoms with Crippen molar-refractivity contribution in [2.75, 3.05) is 27.1 Å². The molecule has 0 radical (unpaired) electrons. The lowest BCUT2D eigenvalue weighted by Crippen LogP contribution is -2.12. The van der Waals surface area contributed by atoms with Crippen LogP contribution in [0.1, 0.15) is 12.5 Å². The Labute approximate surface area is 101 Å². The Morgan fingerprint density at radius 3 is 2.76 bits per heavy atom. The lowest BCUT2D eigenvalue weighted by atomic mass is 10.2. The molecule has 0 amide bonds. The zero-order chi connectivity index (χ0) is 12.1. The molecule has 0 aromatic heterocycles. The smallest absolute Gasteiger partial charge is 0.161 e. The first-order valence-corrected chi connectivity index (χ1v) is 5.75. The van der Waals surface area contributed by atoms with Gasteiger partial charge < -0.3 is 18.9 Å². The highest BCUT2D eigenvalue weighted by molar-refractivity contribution is 5.43. The summed E-state index contributed by atoms with van der Waals surface area (Å²) in [4.78, 5) is 0. The minimum Gasteiger partial charge on any atom is -0.489 e. The van der Waals surface area contributed by atoms with Crippen molar-refractivity contribution in [1.82, 2.24) is 0 Å². The van der Waals surface area contributed by atoms with E-state index in [-0.39, 0.29) is 0 Å². The van der Waals surface area contributed by atoms with Crippen LogP contribution in [0.15, 0.2) is 18.2 Å². The molecule has 0 aliphatic carbocycles. The molecule has 17 heavy (non-hydrogen) atoms. The average Bonchev–Trinajstić information content (AvgIpc) is 2.52. The number of ether oxygens (including phenoxy) is 4. The van der Waals surface area contributed by atoms with E-state index in [4.69, 9.17) is 18.9 Å². The molecule has 2 rings (SSSR count). The SMILES string of the molecule is COCOCc1ccc2c(c1)OC[C@@H](C)CO2. The van der Waals surface area contributed by atoms with Gasteiger partial charge in [-0.1, -0.05) is 13.0 Å². The zero-order valence-corrected chi connectivity index (χ0v) is 10.3. The van der Waals surface area contributed by atoms with Crippen LogP contribution in [0.4, 0.5) is 0 Å². The lowest BCUT2D eigenvalue weighted by molar-refractivity contribution is -0.0391. The van der Waals surface area contributed by atoms with Crippen LogP contribution >= 0.6 is 0 Å². The molecule has 0 bridgehead atoms. The minimum absolute atomic E-state index is 0.297. The van der Waals surface area contributed by atoms with Crippen molar-refractivity contribution in [1.29, 1.82) is 0 Å². The number of hydrogen-bond donors (Lipinski definition) is 0. The van der Waals surface area contributed by atoms with Crippen molar-refractivity contribution < 1.29 is 18.9 Å². The molecule has 1 aromatic rings. The summed E-state index contributed by atoms with van der Waals surface area (Å²) in [5, 5.41) is 0. The fourth-order valence-corrected chi connectivity index (χ4v) is 1.63. The third-order valence-corrected chi connectivity index (χ3v) is 2.52. The van der Waals surface area contributed by atoms with E-state index in [0.717, 1.165) is 17.1 Å². The van der Waals surface area contributed by atoms with Gasteiger partial charge in [0.25, 0.3) is 0 Å². The first-order chi connectivity index (χ1) is 8.29. The Hall–Kier alpha value is -1.26. The monoisotopic (exact) mass is 238 g/mol. The van der Waals surface area contributed by atoms with E-state index in [9.17, 15) is 0 Å². The molecule has 0 spiro atoms. The van der Waals surface area contributed by atoms with Crippen LogP contribution in [-0.2, 0) is 16.1 Å². The van der Waals surface area contributed by atoms with Crippen molar-refractivity contribution >= 4 is 0 Å².